The van der Waals surface area contributed by atoms with E-state index in [1.807, 2.05) is 0 Å². The van der Waals surface area contributed by atoms with Gasteiger partial charge >= 0.3 is 21.7 Å². The van der Waals surface area contributed by atoms with Gasteiger partial charge in [0.1, 0.15) is 8.07 Å². The second-order valence-corrected chi connectivity index (χ2v) is 18.2. The van der Waals surface area contributed by atoms with E-state index in [0.717, 1.165) is 0 Å². The summed E-state index contributed by atoms with van der Waals surface area (Å²) in [5, 5.41) is 4.04. The van der Waals surface area contributed by atoms with Crippen molar-refractivity contribution in [3.63, 3.8) is 0 Å². The van der Waals surface area contributed by atoms with Crippen molar-refractivity contribution in [2.75, 3.05) is 0 Å². The van der Waals surface area contributed by atoms with Crippen LogP contribution in [0.15, 0.2) is 162 Å². The molecule has 266 valence electrons. The maximum Gasteiger partial charge on any atom is 4.00 e. The molecule has 0 aliphatic heterocycles. The van der Waals surface area contributed by atoms with Gasteiger partial charge in [0.15, 0.2) is 0 Å². The smallest absolute Gasteiger partial charge is 1.00 e. The molecule has 1 aliphatic carbocycles. The van der Waals surface area contributed by atoms with Crippen molar-refractivity contribution in [2.24, 2.45) is 0 Å². The number of hydrogen-bond acceptors (Lipinski definition) is 0. The van der Waals surface area contributed by atoms with Gasteiger partial charge in [-0.3, -0.25) is 6.08 Å². The zero-order chi connectivity index (χ0) is 34.3. The Bertz CT molecular complexity index is 2030. The SMILES string of the molecule is CC1=[C-]C(C)([Si](c2ccc(-c3ccccc3)cc2C)(c2ccc(-c3ccccc3)cc2C)c2ccc(-c3ccccc3)cc2C)C(C)=C1C.[Cl-].[Cl-].[Cl-].[Ti+4]. The summed E-state index contributed by atoms with van der Waals surface area (Å²) in [5.41, 5.74) is 15.6. The largest absolute Gasteiger partial charge is 4.00 e. The third-order valence-electron chi connectivity index (χ3n) is 11.3. The molecule has 6 aromatic rings. The average molecular weight is 804 g/mol. The standard InChI is InChI=1S/C48H45Si.3ClH.Ti/c1-33-29-42(39-17-11-8-12-18-39)23-26-45(33)49(48(7)32-36(4)37(5)38(48)6,46-27-24-43(30-34(46)2)40-19-13-9-14-20-40)47-28-25-44(31-35(47)3)41-21-15-10-16-22-41;;;;/h8-31H,1-7H3;3*1H;/q-1;;;;+4/p-3. The van der Waals surface area contributed by atoms with Crippen molar-refractivity contribution in [3.8, 4) is 33.4 Å². The number of benzene rings is 6. The van der Waals surface area contributed by atoms with E-state index in [-0.39, 0.29) is 64.0 Å². The molecule has 0 saturated carbocycles. The van der Waals surface area contributed by atoms with Crippen LogP contribution in [0.2, 0.25) is 5.04 Å². The van der Waals surface area contributed by atoms with Crippen LogP contribution < -0.4 is 52.8 Å². The van der Waals surface area contributed by atoms with Gasteiger partial charge in [-0.1, -0.05) is 188 Å². The molecule has 53 heavy (non-hydrogen) atoms. The van der Waals surface area contributed by atoms with E-state index in [9.17, 15) is 0 Å². The molecule has 0 radical (unpaired) electrons. The summed E-state index contributed by atoms with van der Waals surface area (Å²) in [6, 6.07) is 54.1. The predicted octanol–water partition coefficient (Wildman–Crippen LogP) is 1.95. The van der Waals surface area contributed by atoms with E-state index >= 15 is 0 Å². The molecule has 0 nitrogen and oxygen atoms in total. The van der Waals surface area contributed by atoms with E-state index in [1.54, 1.807) is 0 Å². The van der Waals surface area contributed by atoms with Crippen LogP contribution in [0.25, 0.3) is 33.4 Å². The van der Waals surface area contributed by atoms with Gasteiger partial charge in [-0.05, 0) is 69.7 Å². The third kappa shape index (κ3) is 7.63. The molecule has 0 bridgehead atoms. The van der Waals surface area contributed by atoms with Gasteiger partial charge in [0, 0.05) is 0 Å². The minimum absolute atomic E-state index is 0. The molecule has 0 N–H and O–H groups in total. The maximum atomic E-state index is 4.19. The summed E-state index contributed by atoms with van der Waals surface area (Å²) in [6.45, 7) is 16.4. The van der Waals surface area contributed by atoms with Gasteiger partial charge in [-0.15, -0.1) is 6.92 Å². The van der Waals surface area contributed by atoms with Gasteiger partial charge in [0.05, 0.1) is 0 Å². The van der Waals surface area contributed by atoms with E-state index in [4.69, 9.17) is 0 Å². The van der Waals surface area contributed by atoms with Crippen LogP contribution in [0.1, 0.15) is 44.4 Å². The molecule has 1 aliphatic rings. The summed E-state index contributed by atoms with van der Waals surface area (Å²) >= 11 is 0. The monoisotopic (exact) mass is 802 g/mol. The van der Waals surface area contributed by atoms with Crippen LogP contribution in [0, 0.1) is 26.8 Å². The average Bonchev–Trinajstić information content (AvgIpc) is 3.33. The van der Waals surface area contributed by atoms with Crippen LogP contribution in [-0.2, 0) is 21.7 Å². The molecule has 0 aromatic heterocycles. The van der Waals surface area contributed by atoms with Crippen molar-refractivity contribution in [1.29, 1.82) is 0 Å². The van der Waals surface area contributed by atoms with Crippen LogP contribution in [0.4, 0.5) is 0 Å². The summed E-state index contributed by atoms with van der Waals surface area (Å²) in [6.07, 6.45) is 4.19. The molecular formula is C48H45Cl3SiTi. The second kappa shape index (κ2) is 17.8. The van der Waals surface area contributed by atoms with E-state index < -0.39 is 8.07 Å². The minimum atomic E-state index is -2.96. The first-order valence-electron chi connectivity index (χ1n) is 17.4. The second-order valence-electron chi connectivity index (χ2n) is 14.1. The molecule has 0 spiro atoms. The van der Waals surface area contributed by atoms with Crippen molar-refractivity contribution in [2.45, 2.75) is 53.5 Å². The Morgan fingerprint density at radius 3 is 0.962 bits per heavy atom. The molecular weight excluding hydrogens is 759 g/mol. The minimum Gasteiger partial charge on any atom is -1.00 e. The normalized spacial score (nSPS) is 15.0. The molecule has 1 unspecified atom stereocenters. The number of aryl methyl sites for hydroxylation is 3. The summed E-state index contributed by atoms with van der Waals surface area (Å²) < 4.78 is 0. The van der Waals surface area contributed by atoms with Gasteiger partial charge in [0.2, 0.25) is 0 Å². The number of allylic oxidation sites excluding steroid dienone is 4. The van der Waals surface area contributed by atoms with Gasteiger partial charge in [-0.2, -0.15) is 11.1 Å². The number of rotatable bonds is 7. The topological polar surface area (TPSA) is 0 Å². The zero-order valence-electron chi connectivity index (χ0n) is 31.5. The first-order valence-corrected chi connectivity index (χ1v) is 19.4. The zero-order valence-corrected chi connectivity index (χ0v) is 36.3. The van der Waals surface area contributed by atoms with Crippen molar-refractivity contribution >= 4 is 23.6 Å². The first kappa shape index (κ1) is 44.0. The van der Waals surface area contributed by atoms with E-state index in [0.29, 0.717) is 0 Å². The Hall–Kier alpha value is -3.40. The molecule has 0 fully saturated rings. The molecule has 7 rings (SSSR count). The molecule has 5 heteroatoms. The van der Waals surface area contributed by atoms with E-state index in [1.165, 1.54) is 82.4 Å². The van der Waals surface area contributed by atoms with Gasteiger partial charge in [0.25, 0.3) is 0 Å². The third-order valence-corrected chi connectivity index (χ3v) is 17.4. The fourth-order valence-electron chi connectivity index (χ4n) is 8.52. The Balaban J connectivity index is 0.00000189. The van der Waals surface area contributed by atoms with Crippen LogP contribution >= 0.6 is 0 Å². The van der Waals surface area contributed by atoms with E-state index in [2.05, 4.69) is 200 Å². The Kier molecular flexibility index (Phi) is 14.8. The molecule has 0 amide bonds. The van der Waals surface area contributed by atoms with Crippen molar-refractivity contribution < 1.29 is 58.9 Å². The molecule has 1 atom stereocenters. The Morgan fingerprint density at radius 1 is 0.415 bits per heavy atom. The molecule has 6 aromatic carbocycles. The van der Waals surface area contributed by atoms with Crippen LogP contribution in [0.3, 0.4) is 0 Å². The quantitative estimate of drug-likeness (QED) is 0.132. The van der Waals surface area contributed by atoms with Gasteiger partial charge < -0.3 is 37.2 Å². The fourth-order valence-corrected chi connectivity index (χ4v) is 15.1. The molecule has 0 heterocycles. The van der Waals surface area contributed by atoms with Crippen molar-refractivity contribution in [1.82, 2.24) is 0 Å². The first-order chi connectivity index (χ1) is 23.6. The van der Waals surface area contributed by atoms with Gasteiger partial charge in [-0.25, -0.2) is 5.57 Å². The number of halogens is 3. The summed E-state index contributed by atoms with van der Waals surface area (Å²) in [7, 11) is -2.96. The molecule has 0 saturated heterocycles. The number of hydrogen-bond donors (Lipinski definition) is 0. The fraction of sp³-hybridized carbons (Fsp3) is 0.167. The summed E-state index contributed by atoms with van der Waals surface area (Å²) in [5.74, 6) is 0. The predicted molar refractivity (Wildman–Crippen MR) is 214 cm³/mol. The maximum absolute atomic E-state index is 4.19. The van der Waals surface area contributed by atoms with Crippen molar-refractivity contribution in [3.05, 3.63) is 185 Å². The Morgan fingerprint density at radius 2 is 0.717 bits per heavy atom. The summed E-state index contributed by atoms with van der Waals surface area (Å²) in [4.78, 5) is 0. The van der Waals surface area contributed by atoms with Crippen LogP contribution in [-0.4, -0.2) is 8.07 Å². The van der Waals surface area contributed by atoms with Crippen LogP contribution in [0.5, 0.6) is 0 Å². The Labute approximate surface area is 352 Å².